The lowest BCUT2D eigenvalue weighted by molar-refractivity contribution is -0.0113. The highest BCUT2D eigenvalue weighted by Gasteiger charge is 2.54. The van der Waals surface area contributed by atoms with E-state index in [0.29, 0.717) is 6.10 Å². The summed E-state index contributed by atoms with van der Waals surface area (Å²) in [5, 5.41) is 0. The van der Waals surface area contributed by atoms with Crippen molar-refractivity contribution in [2.24, 2.45) is 23.7 Å². The predicted molar refractivity (Wildman–Crippen MR) is 61.7 cm³/mol. The molecule has 0 aliphatic heterocycles. The molecule has 3 rings (SSSR count). The second-order valence-corrected chi connectivity index (χ2v) is 5.92. The van der Waals surface area contributed by atoms with E-state index < -0.39 is 0 Å². The van der Waals surface area contributed by atoms with Crippen LogP contribution in [0.5, 0.6) is 0 Å². The summed E-state index contributed by atoms with van der Waals surface area (Å²) >= 11 is 0. The number of fused-ring (bicyclic) bond motifs is 5. The lowest BCUT2D eigenvalue weighted by Crippen LogP contribution is -2.30. The average Bonchev–Trinajstić information content (AvgIpc) is 2.89. The molecule has 1 heteroatoms. The molecule has 3 aliphatic carbocycles. The van der Waals surface area contributed by atoms with Crippen LogP contribution in [-0.2, 0) is 4.74 Å². The molecule has 1 nitrogen and oxygen atoms in total. The van der Waals surface area contributed by atoms with E-state index in [-0.39, 0.29) is 0 Å². The first-order chi connectivity index (χ1) is 7.40. The minimum atomic E-state index is 0.654. The van der Waals surface area contributed by atoms with E-state index in [1.807, 2.05) is 0 Å². The minimum Gasteiger partial charge on any atom is -0.378 e. The van der Waals surface area contributed by atoms with Crippen molar-refractivity contribution >= 4 is 0 Å². The maximum absolute atomic E-state index is 6.09. The Morgan fingerprint density at radius 3 is 2.80 bits per heavy atom. The van der Waals surface area contributed by atoms with Crippen LogP contribution >= 0.6 is 0 Å². The molecule has 5 unspecified atom stereocenters. The SMILES string of the molecule is CCCCOC1CC2CC1C1CCCC21. The van der Waals surface area contributed by atoms with Crippen molar-refractivity contribution in [1.29, 1.82) is 0 Å². The number of hydrogen-bond donors (Lipinski definition) is 0. The van der Waals surface area contributed by atoms with Gasteiger partial charge in [0.05, 0.1) is 6.10 Å². The Kier molecular flexibility index (Phi) is 2.76. The van der Waals surface area contributed by atoms with Crippen LogP contribution in [-0.4, -0.2) is 12.7 Å². The third-order valence-corrected chi connectivity index (χ3v) is 5.20. The molecule has 0 saturated heterocycles. The van der Waals surface area contributed by atoms with Crippen molar-refractivity contribution in [3.05, 3.63) is 0 Å². The molecule has 2 bridgehead atoms. The second kappa shape index (κ2) is 4.08. The van der Waals surface area contributed by atoms with E-state index in [0.717, 1.165) is 30.3 Å². The summed E-state index contributed by atoms with van der Waals surface area (Å²) in [5.74, 6) is 4.19. The molecular weight excluding hydrogens is 184 g/mol. The summed E-state index contributed by atoms with van der Waals surface area (Å²) in [5.41, 5.74) is 0. The third kappa shape index (κ3) is 1.63. The maximum atomic E-state index is 6.09. The minimum absolute atomic E-state index is 0.654. The van der Waals surface area contributed by atoms with Crippen LogP contribution in [0.25, 0.3) is 0 Å². The van der Waals surface area contributed by atoms with Crippen molar-refractivity contribution < 1.29 is 4.74 Å². The number of ether oxygens (including phenoxy) is 1. The standard InChI is InChI=1S/C14H24O/c1-2-3-7-15-14-9-10-8-13(14)12-6-4-5-11(10)12/h10-14H,2-9H2,1H3. The smallest absolute Gasteiger partial charge is 0.0608 e. The number of rotatable bonds is 4. The monoisotopic (exact) mass is 208 g/mol. The summed E-state index contributed by atoms with van der Waals surface area (Å²) in [6.45, 7) is 3.26. The average molecular weight is 208 g/mol. The van der Waals surface area contributed by atoms with Gasteiger partial charge >= 0.3 is 0 Å². The molecule has 3 aliphatic rings. The zero-order chi connectivity index (χ0) is 10.3. The van der Waals surface area contributed by atoms with Crippen molar-refractivity contribution in [3.8, 4) is 0 Å². The van der Waals surface area contributed by atoms with Crippen molar-refractivity contribution in [1.82, 2.24) is 0 Å². The molecule has 0 aromatic heterocycles. The van der Waals surface area contributed by atoms with Gasteiger partial charge in [-0.15, -0.1) is 0 Å². The molecular formula is C14H24O. The molecule has 0 aromatic carbocycles. The first kappa shape index (κ1) is 10.1. The summed E-state index contributed by atoms with van der Waals surface area (Å²) in [7, 11) is 0. The van der Waals surface area contributed by atoms with Gasteiger partial charge in [0.2, 0.25) is 0 Å². The normalized spacial score (nSPS) is 47.4. The Morgan fingerprint density at radius 2 is 1.93 bits per heavy atom. The van der Waals surface area contributed by atoms with Gasteiger partial charge in [0.25, 0.3) is 0 Å². The Balaban J connectivity index is 1.56. The first-order valence-corrected chi connectivity index (χ1v) is 7.01. The molecule has 0 aromatic rings. The summed E-state index contributed by atoms with van der Waals surface area (Å²) in [6, 6.07) is 0. The first-order valence-electron chi connectivity index (χ1n) is 7.01. The van der Waals surface area contributed by atoms with Crippen molar-refractivity contribution in [2.75, 3.05) is 6.61 Å². The summed E-state index contributed by atoms with van der Waals surface area (Å²) in [4.78, 5) is 0. The van der Waals surface area contributed by atoms with Crippen LogP contribution in [0.2, 0.25) is 0 Å². The Bertz CT molecular complexity index is 225. The zero-order valence-corrected chi connectivity index (χ0v) is 9.95. The fourth-order valence-corrected chi connectivity index (χ4v) is 4.58. The number of hydrogen-bond acceptors (Lipinski definition) is 1. The van der Waals surface area contributed by atoms with E-state index in [9.17, 15) is 0 Å². The van der Waals surface area contributed by atoms with Crippen LogP contribution in [0.4, 0.5) is 0 Å². The van der Waals surface area contributed by atoms with Crippen molar-refractivity contribution in [2.45, 2.75) is 58.0 Å². The van der Waals surface area contributed by atoms with Gasteiger partial charge < -0.3 is 4.74 Å². The second-order valence-electron chi connectivity index (χ2n) is 5.92. The van der Waals surface area contributed by atoms with E-state index in [1.54, 1.807) is 0 Å². The van der Waals surface area contributed by atoms with Gasteiger partial charge in [-0.2, -0.15) is 0 Å². The highest BCUT2D eigenvalue weighted by Crippen LogP contribution is 2.59. The molecule has 15 heavy (non-hydrogen) atoms. The molecule has 3 saturated carbocycles. The van der Waals surface area contributed by atoms with Crippen molar-refractivity contribution in [3.63, 3.8) is 0 Å². The topological polar surface area (TPSA) is 9.23 Å². The van der Waals surface area contributed by atoms with Gasteiger partial charge in [0.15, 0.2) is 0 Å². The Morgan fingerprint density at radius 1 is 1.07 bits per heavy atom. The molecule has 0 radical (unpaired) electrons. The Hall–Kier alpha value is -0.0400. The van der Waals surface area contributed by atoms with Gasteiger partial charge in [-0.3, -0.25) is 0 Å². The lowest BCUT2D eigenvalue weighted by atomic mass is 9.80. The highest BCUT2D eigenvalue weighted by molar-refractivity contribution is 5.03. The van der Waals surface area contributed by atoms with E-state index in [4.69, 9.17) is 4.74 Å². The Labute approximate surface area is 93.6 Å². The maximum Gasteiger partial charge on any atom is 0.0608 e. The molecule has 0 amide bonds. The largest absolute Gasteiger partial charge is 0.378 e. The molecule has 5 atom stereocenters. The number of unbranched alkanes of at least 4 members (excludes halogenated alkanes) is 1. The molecule has 0 heterocycles. The molecule has 3 fully saturated rings. The van der Waals surface area contributed by atoms with E-state index in [2.05, 4.69) is 6.92 Å². The van der Waals surface area contributed by atoms with Crippen LogP contribution in [0.3, 0.4) is 0 Å². The van der Waals surface area contributed by atoms with Crippen LogP contribution in [0.15, 0.2) is 0 Å². The van der Waals surface area contributed by atoms with Crippen LogP contribution in [0, 0.1) is 23.7 Å². The molecule has 0 N–H and O–H groups in total. The van der Waals surface area contributed by atoms with E-state index >= 15 is 0 Å². The van der Waals surface area contributed by atoms with Gasteiger partial charge in [-0.25, -0.2) is 0 Å². The fourth-order valence-electron chi connectivity index (χ4n) is 4.58. The molecule has 0 spiro atoms. The van der Waals surface area contributed by atoms with Gasteiger partial charge in [-0.05, 0) is 55.8 Å². The van der Waals surface area contributed by atoms with Crippen LogP contribution < -0.4 is 0 Å². The molecule has 86 valence electrons. The zero-order valence-electron chi connectivity index (χ0n) is 9.95. The predicted octanol–water partition coefficient (Wildman–Crippen LogP) is 3.63. The summed E-state index contributed by atoms with van der Waals surface area (Å²) < 4.78 is 6.09. The van der Waals surface area contributed by atoms with Gasteiger partial charge in [0, 0.05) is 6.61 Å². The third-order valence-electron chi connectivity index (χ3n) is 5.20. The quantitative estimate of drug-likeness (QED) is 0.641. The fraction of sp³-hybridized carbons (Fsp3) is 1.00. The van der Waals surface area contributed by atoms with Gasteiger partial charge in [0.1, 0.15) is 0 Å². The highest BCUT2D eigenvalue weighted by atomic mass is 16.5. The lowest BCUT2D eigenvalue weighted by Gasteiger charge is -2.31. The summed E-state index contributed by atoms with van der Waals surface area (Å²) in [6.07, 6.45) is 10.6. The van der Waals surface area contributed by atoms with Gasteiger partial charge in [-0.1, -0.05) is 19.8 Å². The van der Waals surface area contributed by atoms with Crippen LogP contribution in [0.1, 0.15) is 51.9 Å². The van der Waals surface area contributed by atoms with E-state index in [1.165, 1.54) is 44.9 Å².